The summed E-state index contributed by atoms with van der Waals surface area (Å²) >= 11 is 0. The van der Waals surface area contributed by atoms with E-state index in [2.05, 4.69) is 4.90 Å². The Bertz CT molecular complexity index is 1750. The Labute approximate surface area is 252 Å². The van der Waals surface area contributed by atoms with Gasteiger partial charge in [0.15, 0.2) is 9.84 Å². The molecule has 1 atom stereocenters. The summed E-state index contributed by atoms with van der Waals surface area (Å²) < 4.78 is 81.2. The van der Waals surface area contributed by atoms with Gasteiger partial charge in [0.25, 0.3) is 11.5 Å². The molecule has 2 aliphatic rings. The summed E-state index contributed by atoms with van der Waals surface area (Å²) in [5.41, 5.74) is 3.98. The van der Waals surface area contributed by atoms with Crippen LogP contribution in [0.3, 0.4) is 0 Å². The lowest BCUT2D eigenvalue weighted by atomic mass is 10.00. The number of sulfone groups is 1. The van der Waals surface area contributed by atoms with Crippen molar-refractivity contribution in [1.29, 1.82) is 0 Å². The number of carbonyl (C=O) groups is 1. The number of piperazine rings is 1. The predicted molar refractivity (Wildman–Crippen MR) is 159 cm³/mol. The highest BCUT2D eigenvalue weighted by molar-refractivity contribution is 7.91. The number of primary amides is 1. The minimum Gasteiger partial charge on any atom is -0.367 e. The number of halogens is 4. The summed E-state index contributed by atoms with van der Waals surface area (Å²) in [6.45, 7) is 3.86. The summed E-state index contributed by atoms with van der Waals surface area (Å²) in [5, 5.41) is -0.459. The van der Waals surface area contributed by atoms with E-state index >= 15 is 4.39 Å². The number of alkyl halides is 3. The van der Waals surface area contributed by atoms with Gasteiger partial charge in [0, 0.05) is 63.4 Å². The lowest BCUT2D eigenvalue weighted by Crippen LogP contribution is -2.45. The quantitative estimate of drug-likeness (QED) is 0.398. The monoisotopic (exact) mass is 635 g/mol. The molecule has 0 aliphatic carbocycles. The number of carbonyl (C=O) groups excluding carboxylic acids is 1. The van der Waals surface area contributed by atoms with E-state index in [4.69, 9.17) is 5.73 Å². The van der Waals surface area contributed by atoms with E-state index in [1.807, 2.05) is 16.8 Å². The lowest BCUT2D eigenvalue weighted by Gasteiger charge is -2.35. The molecule has 0 radical (unpaired) electrons. The number of likely N-dealkylation sites (tertiary alicyclic amines) is 1. The van der Waals surface area contributed by atoms with Crippen LogP contribution >= 0.6 is 0 Å². The number of nitrogens with zero attached hydrogens (tertiary/aromatic N) is 4. The lowest BCUT2D eigenvalue weighted by molar-refractivity contribution is -0.138. The Morgan fingerprint density at radius 3 is 2.32 bits per heavy atom. The Kier molecular flexibility index (Phi) is 8.62. The van der Waals surface area contributed by atoms with Crippen molar-refractivity contribution < 1.29 is 30.8 Å². The van der Waals surface area contributed by atoms with Crippen molar-refractivity contribution in [3.05, 3.63) is 81.5 Å². The van der Waals surface area contributed by atoms with Gasteiger partial charge in [-0.3, -0.25) is 19.1 Å². The van der Waals surface area contributed by atoms with E-state index < -0.39 is 49.7 Å². The second-order valence-electron chi connectivity index (χ2n) is 11.5. The largest absolute Gasteiger partial charge is 0.417 e. The highest BCUT2D eigenvalue weighted by Crippen LogP contribution is 2.35. The molecule has 1 amide bonds. The maximum absolute atomic E-state index is 15.3. The first kappa shape index (κ1) is 31.7. The standard InChI is InChI=1S/C30H33F4N5O4S/c1-36-9-11-38(12-10-36)26-6-4-20(14-27(26)39-18-23(29(35)41)24(15-28(39)40)30(32,33)34)22-13-19(3-5-25(22)31)16-37-8-7-21(17-37)44(2,42)43/h3-6,13-15,18,21H,7-12,16-17H2,1-2H3,(H2,35,41). The topological polar surface area (TPSA) is 109 Å². The summed E-state index contributed by atoms with van der Waals surface area (Å²) in [4.78, 5) is 31.3. The number of hydrogen-bond donors (Lipinski definition) is 1. The second-order valence-corrected chi connectivity index (χ2v) is 13.8. The third-order valence-corrected chi connectivity index (χ3v) is 9.88. The molecule has 9 nitrogen and oxygen atoms in total. The molecule has 44 heavy (non-hydrogen) atoms. The van der Waals surface area contributed by atoms with Gasteiger partial charge in [-0.25, -0.2) is 12.8 Å². The summed E-state index contributed by atoms with van der Waals surface area (Å²) in [6, 6.07) is 9.80. The van der Waals surface area contributed by atoms with Crippen LogP contribution in [0, 0.1) is 5.82 Å². The van der Waals surface area contributed by atoms with Crippen LogP contribution in [-0.2, 0) is 22.6 Å². The molecule has 2 aliphatic heterocycles. The third-order valence-electron chi connectivity index (χ3n) is 8.29. The van der Waals surface area contributed by atoms with Crippen molar-refractivity contribution in [2.24, 2.45) is 5.73 Å². The molecule has 1 unspecified atom stereocenters. The van der Waals surface area contributed by atoms with Crippen molar-refractivity contribution in [1.82, 2.24) is 14.4 Å². The van der Waals surface area contributed by atoms with Gasteiger partial charge in [0.2, 0.25) is 0 Å². The maximum Gasteiger partial charge on any atom is 0.417 e. The van der Waals surface area contributed by atoms with E-state index in [1.165, 1.54) is 18.4 Å². The first-order valence-electron chi connectivity index (χ1n) is 14.0. The number of amides is 1. The molecular formula is C30H33F4N5O4S. The molecule has 3 aromatic rings. The number of benzene rings is 2. The molecule has 2 fully saturated rings. The van der Waals surface area contributed by atoms with Gasteiger partial charge in [0.1, 0.15) is 5.82 Å². The number of likely N-dealkylation sites (N-methyl/N-ethyl adjacent to an activating group) is 1. The zero-order valence-electron chi connectivity index (χ0n) is 24.3. The van der Waals surface area contributed by atoms with Crippen LogP contribution in [-0.4, -0.2) is 86.5 Å². The van der Waals surface area contributed by atoms with Gasteiger partial charge in [0.05, 0.1) is 27.8 Å². The molecule has 5 rings (SSSR count). The average Bonchev–Trinajstić information content (AvgIpc) is 3.43. The van der Waals surface area contributed by atoms with Crippen molar-refractivity contribution in [3.63, 3.8) is 0 Å². The fraction of sp³-hybridized carbons (Fsp3) is 0.400. The molecule has 3 heterocycles. The Morgan fingerprint density at radius 2 is 1.70 bits per heavy atom. The third kappa shape index (κ3) is 6.66. The summed E-state index contributed by atoms with van der Waals surface area (Å²) in [5.74, 6) is -1.90. The van der Waals surface area contributed by atoms with Crippen LogP contribution in [0.5, 0.6) is 0 Å². The van der Waals surface area contributed by atoms with Crippen LogP contribution in [0.4, 0.5) is 23.2 Å². The van der Waals surface area contributed by atoms with E-state index in [9.17, 15) is 31.2 Å². The molecule has 0 spiro atoms. The highest BCUT2D eigenvalue weighted by atomic mass is 32.2. The second kappa shape index (κ2) is 12.0. The Balaban J connectivity index is 1.59. The van der Waals surface area contributed by atoms with E-state index in [0.29, 0.717) is 69.6 Å². The van der Waals surface area contributed by atoms with Gasteiger partial charge in [-0.05, 0) is 55.4 Å². The highest BCUT2D eigenvalue weighted by Gasteiger charge is 2.36. The number of nitrogens with two attached hydrogens (primary N) is 1. The molecular weight excluding hydrogens is 602 g/mol. The van der Waals surface area contributed by atoms with Crippen LogP contribution in [0.15, 0.2) is 53.5 Å². The molecule has 1 aromatic heterocycles. The minimum absolute atomic E-state index is 0.175. The average molecular weight is 636 g/mol. The minimum atomic E-state index is -4.98. The van der Waals surface area contributed by atoms with Crippen LogP contribution in [0.25, 0.3) is 16.8 Å². The van der Waals surface area contributed by atoms with Gasteiger partial charge < -0.3 is 15.5 Å². The van der Waals surface area contributed by atoms with Gasteiger partial charge in [-0.2, -0.15) is 13.2 Å². The normalized spacial score (nSPS) is 18.6. The van der Waals surface area contributed by atoms with E-state index in [-0.39, 0.29) is 11.3 Å². The van der Waals surface area contributed by atoms with Crippen LogP contribution in [0.2, 0.25) is 0 Å². The maximum atomic E-state index is 15.3. The zero-order valence-corrected chi connectivity index (χ0v) is 25.1. The summed E-state index contributed by atoms with van der Waals surface area (Å²) in [7, 11) is -1.23. The number of pyridine rings is 1. The number of rotatable bonds is 7. The van der Waals surface area contributed by atoms with Gasteiger partial charge in [-0.15, -0.1) is 0 Å². The first-order chi connectivity index (χ1) is 20.6. The SMILES string of the molecule is CN1CCN(c2ccc(-c3cc(CN4CCC(S(C)(=O)=O)C4)ccc3F)cc2-n2cc(C(N)=O)c(C(F)(F)F)cc2=O)CC1. The summed E-state index contributed by atoms with van der Waals surface area (Å²) in [6.07, 6.45) is -2.45. The predicted octanol–water partition coefficient (Wildman–Crippen LogP) is 3.13. The molecule has 2 N–H and O–H groups in total. The Hall–Kier alpha value is -3.75. The first-order valence-corrected chi connectivity index (χ1v) is 16.0. The molecule has 14 heteroatoms. The van der Waals surface area contributed by atoms with Gasteiger partial charge in [-0.1, -0.05) is 12.1 Å². The van der Waals surface area contributed by atoms with Gasteiger partial charge >= 0.3 is 6.18 Å². The fourth-order valence-electron chi connectivity index (χ4n) is 5.79. The number of aromatic nitrogens is 1. The zero-order chi connectivity index (χ0) is 32.0. The molecule has 0 saturated carbocycles. The molecule has 2 aromatic carbocycles. The Morgan fingerprint density at radius 1 is 1.00 bits per heavy atom. The smallest absolute Gasteiger partial charge is 0.367 e. The van der Waals surface area contributed by atoms with E-state index in [1.54, 1.807) is 24.3 Å². The molecule has 0 bridgehead atoms. The van der Waals surface area contributed by atoms with E-state index in [0.717, 1.165) is 16.3 Å². The molecule has 236 valence electrons. The number of anilines is 1. The van der Waals surface area contributed by atoms with Crippen molar-refractivity contribution in [2.45, 2.75) is 24.4 Å². The van der Waals surface area contributed by atoms with Crippen LogP contribution in [0.1, 0.15) is 27.9 Å². The van der Waals surface area contributed by atoms with Crippen molar-refractivity contribution in [2.75, 3.05) is 57.5 Å². The fourth-order valence-corrected chi connectivity index (χ4v) is 6.81. The molecule has 2 saturated heterocycles. The van der Waals surface area contributed by atoms with Crippen molar-refractivity contribution >= 4 is 21.4 Å². The number of hydrogen-bond acceptors (Lipinski definition) is 7. The van der Waals surface area contributed by atoms with Crippen molar-refractivity contribution in [3.8, 4) is 16.8 Å². The van der Waals surface area contributed by atoms with Crippen LogP contribution < -0.4 is 16.2 Å².